The van der Waals surface area contributed by atoms with Gasteiger partial charge in [0.25, 0.3) is 5.56 Å². The van der Waals surface area contributed by atoms with Gasteiger partial charge >= 0.3 is 0 Å². The van der Waals surface area contributed by atoms with Gasteiger partial charge in [-0.15, -0.1) is 0 Å². The first-order chi connectivity index (χ1) is 11.0. The lowest BCUT2D eigenvalue weighted by molar-refractivity contribution is 0.626. The van der Waals surface area contributed by atoms with E-state index in [1.54, 1.807) is 24.0 Å². The highest BCUT2D eigenvalue weighted by molar-refractivity contribution is 6.31. The van der Waals surface area contributed by atoms with Crippen LogP contribution < -0.4 is 5.56 Å². The standard InChI is InChI=1S/C15H13ClFN3O.C2H6/c1-9-12(8-10-7-11(17)3-4-13(10)16)14-15(21)19(2)5-6-20(14)18-9;1-2/h3-7H,8H2,1-2H3;1-2H3. The summed E-state index contributed by atoms with van der Waals surface area (Å²) in [5.41, 5.74) is 2.50. The van der Waals surface area contributed by atoms with E-state index in [0.29, 0.717) is 22.5 Å². The fraction of sp³-hybridized carbons (Fsp3) is 0.294. The van der Waals surface area contributed by atoms with Crippen LogP contribution in [0.2, 0.25) is 5.02 Å². The van der Waals surface area contributed by atoms with Crippen molar-refractivity contribution < 1.29 is 4.39 Å². The number of benzene rings is 1. The second-order valence-corrected chi connectivity index (χ2v) is 5.39. The Labute approximate surface area is 139 Å². The van der Waals surface area contributed by atoms with Crippen molar-refractivity contribution >= 4 is 17.1 Å². The van der Waals surface area contributed by atoms with E-state index >= 15 is 0 Å². The van der Waals surface area contributed by atoms with Gasteiger partial charge in [-0.25, -0.2) is 8.91 Å². The van der Waals surface area contributed by atoms with Crippen molar-refractivity contribution in [2.75, 3.05) is 0 Å². The lowest BCUT2D eigenvalue weighted by Crippen LogP contribution is -2.19. The van der Waals surface area contributed by atoms with Gasteiger partial charge in [0.05, 0.1) is 5.69 Å². The molecule has 0 aliphatic carbocycles. The van der Waals surface area contributed by atoms with E-state index in [-0.39, 0.29) is 11.4 Å². The minimum atomic E-state index is -0.351. The molecule has 0 amide bonds. The Balaban J connectivity index is 0.000000924. The van der Waals surface area contributed by atoms with E-state index in [9.17, 15) is 9.18 Å². The number of halogens is 2. The Morgan fingerprint density at radius 1 is 1.26 bits per heavy atom. The van der Waals surface area contributed by atoms with Crippen molar-refractivity contribution in [2.24, 2.45) is 7.05 Å². The second-order valence-electron chi connectivity index (χ2n) is 4.98. The number of hydrogen-bond donors (Lipinski definition) is 0. The van der Waals surface area contributed by atoms with Crippen LogP contribution in [0.15, 0.2) is 35.4 Å². The normalized spacial score (nSPS) is 10.5. The molecule has 0 saturated carbocycles. The van der Waals surface area contributed by atoms with Crippen molar-refractivity contribution in [2.45, 2.75) is 27.2 Å². The van der Waals surface area contributed by atoms with Crippen molar-refractivity contribution in [3.63, 3.8) is 0 Å². The largest absolute Gasteiger partial charge is 0.315 e. The van der Waals surface area contributed by atoms with Crippen LogP contribution in [0.4, 0.5) is 4.39 Å². The molecule has 0 bridgehead atoms. The molecule has 3 rings (SSSR count). The summed E-state index contributed by atoms with van der Waals surface area (Å²) < 4.78 is 16.4. The predicted octanol–water partition coefficient (Wildman–Crippen LogP) is 3.75. The van der Waals surface area contributed by atoms with Crippen LogP contribution in [0.3, 0.4) is 0 Å². The molecule has 0 radical (unpaired) electrons. The number of hydrogen-bond acceptors (Lipinski definition) is 2. The highest BCUT2D eigenvalue weighted by atomic mass is 35.5. The maximum atomic E-state index is 13.4. The van der Waals surface area contributed by atoms with E-state index in [2.05, 4.69) is 5.10 Å². The molecule has 0 unspecified atom stereocenters. The van der Waals surface area contributed by atoms with E-state index in [4.69, 9.17) is 11.6 Å². The van der Waals surface area contributed by atoms with E-state index in [0.717, 1.165) is 11.3 Å². The van der Waals surface area contributed by atoms with E-state index < -0.39 is 0 Å². The van der Waals surface area contributed by atoms with Gasteiger partial charge in [-0.05, 0) is 30.7 Å². The smallest absolute Gasteiger partial charge is 0.276 e. The SMILES string of the molecule is CC.Cc1nn2ccn(C)c(=O)c2c1Cc1cc(F)ccc1Cl. The molecule has 0 N–H and O–H groups in total. The fourth-order valence-electron chi connectivity index (χ4n) is 2.40. The second kappa shape index (κ2) is 6.96. The molecule has 23 heavy (non-hydrogen) atoms. The molecule has 4 nitrogen and oxygen atoms in total. The van der Waals surface area contributed by atoms with Crippen LogP contribution in [0.5, 0.6) is 0 Å². The summed E-state index contributed by atoms with van der Waals surface area (Å²) in [6.45, 7) is 5.83. The Bertz CT molecular complexity index is 899. The molecule has 0 atom stereocenters. The van der Waals surface area contributed by atoms with Crippen LogP contribution >= 0.6 is 11.6 Å². The van der Waals surface area contributed by atoms with Crippen LogP contribution in [-0.4, -0.2) is 14.2 Å². The third-order valence-corrected chi connectivity index (χ3v) is 3.91. The van der Waals surface area contributed by atoms with Gasteiger partial charge < -0.3 is 4.57 Å². The van der Waals surface area contributed by atoms with Gasteiger partial charge in [-0.2, -0.15) is 5.10 Å². The monoisotopic (exact) mass is 335 g/mol. The summed E-state index contributed by atoms with van der Waals surface area (Å²) in [5, 5.41) is 4.80. The predicted molar refractivity (Wildman–Crippen MR) is 90.7 cm³/mol. The maximum absolute atomic E-state index is 13.4. The molecular formula is C17H19ClFN3O. The molecule has 1 aromatic carbocycles. The molecule has 2 aromatic heterocycles. The van der Waals surface area contributed by atoms with Crippen LogP contribution in [0, 0.1) is 12.7 Å². The number of fused-ring (bicyclic) bond motifs is 1. The van der Waals surface area contributed by atoms with Gasteiger partial charge in [-0.1, -0.05) is 25.4 Å². The molecule has 0 fully saturated rings. The topological polar surface area (TPSA) is 39.3 Å². The first-order valence-corrected chi connectivity index (χ1v) is 7.82. The van der Waals surface area contributed by atoms with Gasteiger partial charge in [0.15, 0.2) is 0 Å². The van der Waals surface area contributed by atoms with Crippen molar-refractivity contribution in [1.82, 2.24) is 14.2 Å². The first kappa shape index (κ1) is 17.2. The molecule has 0 aliphatic rings. The van der Waals surface area contributed by atoms with Gasteiger partial charge in [0.2, 0.25) is 0 Å². The Kier molecular flexibility index (Phi) is 5.21. The molecule has 0 saturated heterocycles. The highest BCUT2D eigenvalue weighted by Crippen LogP contribution is 2.23. The summed E-state index contributed by atoms with van der Waals surface area (Å²) in [7, 11) is 1.68. The number of rotatable bonds is 2. The van der Waals surface area contributed by atoms with Crippen LogP contribution in [-0.2, 0) is 13.5 Å². The minimum absolute atomic E-state index is 0.138. The lowest BCUT2D eigenvalue weighted by Gasteiger charge is -2.05. The minimum Gasteiger partial charge on any atom is -0.315 e. The summed E-state index contributed by atoms with van der Waals surface area (Å²) in [6, 6.07) is 4.22. The highest BCUT2D eigenvalue weighted by Gasteiger charge is 2.15. The van der Waals surface area contributed by atoms with E-state index in [1.807, 2.05) is 20.8 Å². The van der Waals surface area contributed by atoms with Crippen molar-refractivity contribution in [3.05, 3.63) is 68.6 Å². The van der Waals surface area contributed by atoms with Crippen LogP contribution in [0.25, 0.3) is 5.52 Å². The summed E-state index contributed by atoms with van der Waals surface area (Å²) in [5.74, 6) is -0.351. The lowest BCUT2D eigenvalue weighted by atomic mass is 10.0. The number of aromatic nitrogens is 3. The Morgan fingerprint density at radius 3 is 2.65 bits per heavy atom. The molecular weight excluding hydrogens is 317 g/mol. The van der Waals surface area contributed by atoms with Crippen molar-refractivity contribution in [1.29, 1.82) is 0 Å². The fourth-order valence-corrected chi connectivity index (χ4v) is 2.58. The molecule has 3 aromatic rings. The summed E-state index contributed by atoms with van der Waals surface area (Å²) in [4.78, 5) is 12.3. The molecule has 6 heteroatoms. The van der Waals surface area contributed by atoms with Crippen molar-refractivity contribution in [3.8, 4) is 0 Å². The summed E-state index contributed by atoms with van der Waals surface area (Å²) in [6.07, 6.45) is 3.74. The average Bonchev–Trinajstić information content (AvgIpc) is 2.85. The first-order valence-electron chi connectivity index (χ1n) is 7.44. The van der Waals surface area contributed by atoms with Crippen LogP contribution in [0.1, 0.15) is 30.7 Å². The maximum Gasteiger partial charge on any atom is 0.276 e. The zero-order valence-electron chi connectivity index (χ0n) is 13.6. The van der Waals surface area contributed by atoms with E-state index in [1.165, 1.54) is 22.8 Å². The zero-order chi connectivity index (χ0) is 17.1. The molecule has 0 aliphatic heterocycles. The summed E-state index contributed by atoms with van der Waals surface area (Å²) >= 11 is 6.11. The molecule has 2 heterocycles. The molecule has 122 valence electrons. The van der Waals surface area contributed by atoms with Gasteiger partial charge in [0, 0.05) is 36.4 Å². The van der Waals surface area contributed by atoms with Gasteiger partial charge in [-0.3, -0.25) is 4.79 Å². The Morgan fingerprint density at radius 2 is 1.96 bits per heavy atom. The number of nitrogens with zero attached hydrogens (tertiary/aromatic N) is 3. The third kappa shape index (κ3) is 3.29. The average molecular weight is 336 g/mol. The van der Waals surface area contributed by atoms with Gasteiger partial charge in [0.1, 0.15) is 11.3 Å². The third-order valence-electron chi connectivity index (χ3n) is 3.54. The quantitative estimate of drug-likeness (QED) is 0.715. The Hall–Kier alpha value is -2.14. The molecule has 0 spiro atoms. The zero-order valence-corrected chi connectivity index (χ0v) is 14.4. The number of aryl methyl sites for hydroxylation is 2.